The van der Waals surface area contributed by atoms with Gasteiger partial charge in [0.15, 0.2) is 0 Å². The van der Waals surface area contributed by atoms with Gasteiger partial charge in [0.1, 0.15) is 5.69 Å². The molecule has 138 valence electrons. The van der Waals surface area contributed by atoms with E-state index in [9.17, 15) is 4.79 Å². The number of amides is 1. The number of aromatic nitrogens is 1. The fourth-order valence-electron chi connectivity index (χ4n) is 2.48. The molecule has 3 rings (SSSR count). The summed E-state index contributed by atoms with van der Waals surface area (Å²) in [7, 11) is 3.94. The van der Waals surface area contributed by atoms with Crippen molar-refractivity contribution in [3.05, 3.63) is 83.1 Å². The van der Waals surface area contributed by atoms with Crippen molar-refractivity contribution in [1.29, 1.82) is 0 Å². The highest BCUT2D eigenvalue weighted by molar-refractivity contribution is 6.30. The van der Waals surface area contributed by atoms with Gasteiger partial charge in [0.2, 0.25) is 0 Å². The molecule has 27 heavy (non-hydrogen) atoms. The lowest BCUT2D eigenvalue weighted by atomic mass is 10.2. The van der Waals surface area contributed by atoms with E-state index in [2.05, 4.69) is 15.6 Å². The molecule has 0 bridgehead atoms. The molecule has 1 amide bonds. The maximum Gasteiger partial charge on any atom is 0.274 e. The van der Waals surface area contributed by atoms with Gasteiger partial charge in [-0.05, 0) is 54.1 Å². The van der Waals surface area contributed by atoms with E-state index in [1.807, 2.05) is 73.6 Å². The second-order valence-electron chi connectivity index (χ2n) is 6.31. The summed E-state index contributed by atoms with van der Waals surface area (Å²) in [6.45, 7) is 0.655. The molecule has 0 aliphatic rings. The Morgan fingerprint density at radius 1 is 0.963 bits per heavy atom. The Labute approximate surface area is 164 Å². The van der Waals surface area contributed by atoms with Gasteiger partial charge >= 0.3 is 0 Å². The number of carbonyl (C=O) groups is 1. The van der Waals surface area contributed by atoms with E-state index < -0.39 is 0 Å². The molecule has 0 radical (unpaired) electrons. The van der Waals surface area contributed by atoms with Crippen LogP contribution in [0, 0.1) is 0 Å². The Morgan fingerprint density at radius 3 is 2.22 bits per heavy atom. The van der Waals surface area contributed by atoms with Gasteiger partial charge in [0, 0.05) is 37.0 Å². The van der Waals surface area contributed by atoms with Crippen molar-refractivity contribution >= 4 is 34.6 Å². The largest absolute Gasteiger partial charge is 0.380 e. The van der Waals surface area contributed by atoms with Gasteiger partial charge in [-0.3, -0.25) is 4.79 Å². The molecular formula is C21H21ClN4O. The number of nitrogens with one attached hydrogen (secondary N) is 2. The molecule has 0 atom stereocenters. The number of hydrogen-bond acceptors (Lipinski definition) is 4. The van der Waals surface area contributed by atoms with E-state index in [1.165, 1.54) is 0 Å². The van der Waals surface area contributed by atoms with Crippen molar-refractivity contribution in [2.75, 3.05) is 29.6 Å². The van der Waals surface area contributed by atoms with Gasteiger partial charge < -0.3 is 15.5 Å². The van der Waals surface area contributed by atoms with Crippen molar-refractivity contribution < 1.29 is 4.79 Å². The summed E-state index contributed by atoms with van der Waals surface area (Å²) in [5.74, 6) is -0.239. The number of benzene rings is 2. The molecule has 0 aliphatic carbocycles. The van der Waals surface area contributed by atoms with Crippen LogP contribution in [0.15, 0.2) is 66.9 Å². The molecule has 1 aromatic heterocycles. The summed E-state index contributed by atoms with van der Waals surface area (Å²) in [5.41, 5.74) is 4.13. The summed E-state index contributed by atoms with van der Waals surface area (Å²) >= 11 is 5.88. The smallest absolute Gasteiger partial charge is 0.274 e. The quantitative estimate of drug-likeness (QED) is 0.652. The molecule has 1 heterocycles. The Hall–Kier alpha value is -3.05. The summed E-state index contributed by atoms with van der Waals surface area (Å²) in [6, 6.07) is 18.8. The molecule has 3 aromatic rings. The molecule has 6 heteroatoms. The molecule has 2 N–H and O–H groups in total. The second-order valence-corrected chi connectivity index (χ2v) is 6.74. The third-order valence-electron chi connectivity index (χ3n) is 4.05. The first kappa shape index (κ1) is 18.7. The van der Waals surface area contributed by atoms with Crippen LogP contribution in [0.1, 0.15) is 16.1 Å². The van der Waals surface area contributed by atoms with Crippen LogP contribution in [-0.2, 0) is 6.54 Å². The fraction of sp³-hybridized carbons (Fsp3) is 0.143. The zero-order valence-corrected chi connectivity index (χ0v) is 16.0. The highest BCUT2D eigenvalue weighted by atomic mass is 35.5. The number of carbonyl (C=O) groups excluding carboxylic acids is 1. The first-order chi connectivity index (χ1) is 13.0. The number of pyridine rings is 1. The van der Waals surface area contributed by atoms with Gasteiger partial charge in [-0.1, -0.05) is 23.7 Å². The highest BCUT2D eigenvalue weighted by Gasteiger charge is 2.08. The lowest BCUT2D eigenvalue weighted by Gasteiger charge is -2.13. The predicted molar refractivity (Wildman–Crippen MR) is 112 cm³/mol. The summed E-state index contributed by atoms with van der Waals surface area (Å²) < 4.78 is 0. The standard InChI is InChI=1S/C21H21ClN4O/c1-26(2)19-10-7-17(8-11-19)25-21(27)20-12-9-18(14-24-20)23-13-15-3-5-16(22)6-4-15/h3-12,14,23H,13H2,1-2H3,(H,25,27). The molecule has 0 fully saturated rings. The fourth-order valence-corrected chi connectivity index (χ4v) is 2.60. The first-order valence-electron chi connectivity index (χ1n) is 8.54. The van der Waals surface area contributed by atoms with Crippen LogP contribution in [0.3, 0.4) is 0 Å². The van der Waals surface area contributed by atoms with Gasteiger partial charge in [-0.25, -0.2) is 4.98 Å². The number of rotatable bonds is 6. The van der Waals surface area contributed by atoms with Gasteiger partial charge in [-0.2, -0.15) is 0 Å². The number of hydrogen-bond donors (Lipinski definition) is 2. The van der Waals surface area contributed by atoms with E-state index in [4.69, 9.17) is 11.6 Å². The second kappa shape index (κ2) is 8.56. The minimum Gasteiger partial charge on any atom is -0.380 e. The number of nitrogens with zero attached hydrogens (tertiary/aromatic N) is 2. The lowest BCUT2D eigenvalue weighted by molar-refractivity contribution is 0.102. The van der Waals surface area contributed by atoms with Crippen molar-refractivity contribution in [3.8, 4) is 0 Å². The first-order valence-corrected chi connectivity index (χ1v) is 8.92. The van der Waals surface area contributed by atoms with Crippen LogP contribution in [0.4, 0.5) is 17.1 Å². The zero-order chi connectivity index (χ0) is 19.2. The van der Waals surface area contributed by atoms with E-state index >= 15 is 0 Å². The Kier molecular flexibility index (Phi) is 5.94. The maximum absolute atomic E-state index is 12.3. The minimum atomic E-state index is -0.239. The monoisotopic (exact) mass is 380 g/mol. The van der Waals surface area contributed by atoms with E-state index in [0.717, 1.165) is 22.6 Å². The third-order valence-corrected chi connectivity index (χ3v) is 4.30. The van der Waals surface area contributed by atoms with Gasteiger partial charge in [0.25, 0.3) is 5.91 Å². The average molecular weight is 381 g/mol. The average Bonchev–Trinajstić information content (AvgIpc) is 2.68. The Bertz CT molecular complexity index is 891. The van der Waals surface area contributed by atoms with Gasteiger partial charge in [0.05, 0.1) is 11.9 Å². The maximum atomic E-state index is 12.3. The van der Waals surface area contributed by atoms with Crippen molar-refractivity contribution in [1.82, 2.24) is 4.98 Å². The van der Waals surface area contributed by atoms with Crippen LogP contribution < -0.4 is 15.5 Å². The molecular weight excluding hydrogens is 360 g/mol. The SMILES string of the molecule is CN(C)c1ccc(NC(=O)c2ccc(NCc3ccc(Cl)cc3)cn2)cc1. The van der Waals surface area contributed by atoms with Crippen LogP contribution >= 0.6 is 11.6 Å². The van der Waals surface area contributed by atoms with Crippen LogP contribution in [0.2, 0.25) is 5.02 Å². The van der Waals surface area contributed by atoms with Crippen LogP contribution in [0.25, 0.3) is 0 Å². The zero-order valence-electron chi connectivity index (χ0n) is 15.2. The van der Waals surface area contributed by atoms with Crippen LogP contribution in [0.5, 0.6) is 0 Å². The molecule has 0 spiro atoms. The van der Waals surface area contributed by atoms with Crippen molar-refractivity contribution in [2.45, 2.75) is 6.54 Å². The summed E-state index contributed by atoms with van der Waals surface area (Å²) in [5, 5.41) is 6.84. The minimum absolute atomic E-state index is 0.239. The van der Waals surface area contributed by atoms with E-state index in [-0.39, 0.29) is 5.91 Å². The highest BCUT2D eigenvalue weighted by Crippen LogP contribution is 2.17. The molecule has 0 aliphatic heterocycles. The molecule has 2 aromatic carbocycles. The summed E-state index contributed by atoms with van der Waals surface area (Å²) in [4.78, 5) is 18.6. The predicted octanol–water partition coefficient (Wildman–Crippen LogP) is 4.67. The molecule has 0 saturated carbocycles. The third kappa shape index (κ3) is 5.21. The summed E-state index contributed by atoms with van der Waals surface area (Å²) in [6.07, 6.45) is 1.65. The Morgan fingerprint density at radius 2 is 1.63 bits per heavy atom. The number of anilines is 3. The van der Waals surface area contributed by atoms with Gasteiger partial charge in [-0.15, -0.1) is 0 Å². The van der Waals surface area contributed by atoms with E-state index in [0.29, 0.717) is 17.3 Å². The Balaban J connectivity index is 1.57. The van der Waals surface area contributed by atoms with Crippen molar-refractivity contribution in [2.24, 2.45) is 0 Å². The van der Waals surface area contributed by atoms with Crippen LogP contribution in [-0.4, -0.2) is 25.0 Å². The molecule has 5 nitrogen and oxygen atoms in total. The topological polar surface area (TPSA) is 57.3 Å². The van der Waals surface area contributed by atoms with Crippen molar-refractivity contribution in [3.63, 3.8) is 0 Å². The normalized spacial score (nSPS) is 10.3. The molecule has 0 unspecified atom stereocenters. The van der Waals surface area contributed by atoms with E-state index in [1.54, 1.807) is 12.3 Å². The molecule has 0 saturated heterocycles. The number of halogens is 1. The lowest BCUT2D eigenvalue weighted by Crippen LogP contribution is -2.14.